The fraction of sp³-hybridized carbons (Fsp3) is 0.133. The third kappa shape index (κ3) is 3.38. The lowest BCUT2D eigenvalue weighted by Gasteiger charge is -2.18. The van der Waals surface area contributed by atoms with Crippen molar-refractivity contribution in [2.45, 2.75) is 6.54 Å². The Labute approximate surface area is 130 Å². The molecule has 2 nitrogen and oxygen atoms in total. The molecule has 0 radical (unpaired) electrons. The maximum Gasteiger partial charge on any atom is 0.255 e. The van der Waals surface area contributed by atoms with Gasteiger partial charge in [-0.1, -0.05) is 29.8 Å². The summed E-state index contributed by atoms with van der Waals surface area (Å²) in [6, 6.07) is 11.4. The highest BCUT2D eigenvalue weighted by Gasteiger charge is 2.16. The molecule has 0 fully saturated rings. The fourth-order valence-electron chi connectivity index (χ4n) is 1.82. The average Bonchev–Trinajstić information content (AvgIpc) is 2.40. The van der Waals surface area contributed by atoms with Gasteiger partial charge in [0, 0.05) is 28.7 Å². The molecule has 0 saturated carbocycles. The summed E-state index contributed by atoms with van der Waals surface area (Å²) < 4.78 is 14.2. The van der Waals surface area contributed by atoms with Crippen LogP contribution in [0.25, 0.3) is 0 Å². The van der Waals surface area contributed by atoms with E-state index in [9.17, 15) is 9.18 Å². The molecule has 104 valence electrons. The topological polar surface area (TPSA) is 20.3 Å². The first-order valence-corrected chi connectivity index (χ1v) is 7.10. The van der Waals surface area contributed by atoms with Crippen molar-refractivity contribution in [3.8, 4) is 0 Å². The summed E-state index contributed by atoms with van der Waals surface area (Å²) in [5.74, 6) is -0.515. The van der Waals surface area contributed by atoms with Gasteiger partial charge in [-0.05, 0) is 40.2 Å². The van der Waals surface area contributed by atoms with E-state index in [1.165, 1.54) is 11.0 Å². The summed E-state index contributed by atoms with van der Waals surface area (Å²) >= 11 is 9.16. The smallest absolute Gasteiger partial charge is 0.255 e. The number of carbonyl (C=O) groups excluding carboxylic acids is 1. The first-order valence-electron chi connectivity index (χ1n) is 5.93. The van der Waals surface area contributed by atoms with Gasteiger partial charge in [-0.15, -0.1) is 0 Å². The zero-order valence-corrected chi connectivity index (χ0v) is 13.1. The van der Waals surface area contributed by atoms with Gasteiger partial charge in [0.05, 0.1) is 5.56 Å². The Bertz CT molecular complexity index is 648. The van der Waals surface area contributed by atoms with Crippen molar-refractivity contribution < 1.29 is 9.18 Å². The molecule has 0 bridgehead atoms. The van der Waals surface area contributed by atoms with Crippen molar-refractivity contribution in [2.24, 2.45) is 0 Å². The number of hydrogen-bond donors (Lipinski definition) is 0. The maximum absolute atomic E-state index is 13.6. The summed E-state index contributed by atoms with van der Waals surface area (Å²) in [7, 11) is 1.63. The van der Waals surface area contributed by atoms with Crippen molar-refractivity contribution in [3.05, 3.63) is 68.9 Å². The van der Waals surface area contributed by atoms with Crippen LogP contribution in [-0.2, 0) is 6.54 Å². The molecule has 0 aromatic heterocycles. The Morgan fingerprint density at radius 1 is 1.30 bits per heavy atom. The van der Waals surface area contributed by atoms with Gasteiger partial charge < -0.3 is 4.90 Å². The number of amides is 1. The number of hydrogen-bond acceptors (Lipinski definition) is 1. The minimum Gasteiger partial charge on any atom is -0.337 e. The predicted molar refractivity (Wildman–Crippen MR) is 81.3 cm³/mol. The summed E-state index contributed by atoms with van der Waals surface area (Å²) in [4.78, 5) is 13.8. The molecule has 0 aliphatic rings. The molecule has 0 spiro atoms. The third-order valence-corrected chi connectivity index (χ3v) is 3.76. The van der Waals surface area contributed by atoms with Gasteiger partial charge >= 0.3 is 0 Å². The van der Waals surface area contributed by atoms with Crippen LogP contribution in [0.3, 0.4) is 0 Å². The Morgan fingerprint density at radius 2 is 2.00 bits per heavy atom. The molecule has 0 N–H and O–H groups in total. The van der Waals surface area contributed by atoms with Crippen molar-refractivity contribution in [2.75, 3.05) is 7.05 Å². The second-order valence-corrected chi connectivity index (χ2v) is 5.67. The normalized spacial score (nSPS) is 10.4. The summed E-state index contributed by atoms with van der Waals surface area (Å²) in [5, 5.41) is 0.546. The van der Waals surface area contributed by atoms with Gasteiger partial charge in [0.15, 0.2) is 0 Å². The van der Waals surface area contributed by atoms with Crippen molar-refractivity contribution in [3.63, 3.8) is 0 Å². The summed E-state index contributed by atoms with van der Waals surface area (Å²) in [6.45, 7) is 0.209. The highest BCUT2D eigenvalue weighted by atomic mass is 79.9. The average molecular weight is 357 g/mol. The summed E-state index contributed by atoms with van der Waals surface area (Å²) in [6.07, 6.45) is 0. The largest absolute Gasteiger partial charge is 0.337 e. The second-order valence-electron chi connectivity index (χ2n) is 4.38. The first-order chi connectivity index (χ1) is 9.49. The Hall–Kier alpha value is -1.39. The molecule has 0 aliphatic heterocycles. The highest BCUT2D eigenvalue weighted by Crippen LogP contribution is 2.23. The van der Waals surface area contributed by atoms with Crippen LogP contribution in [0.1, 0.15) is 15.9 Å². The number of rotatable bonds is 3. The van der Waals surface area contributed by atoms with E-state index in [-0.39, 0.29) is 18.3 Å². The molecule has 20 heavy (non-hydrogen) atoms. The molecule has 0 aliphatic carbocycles. The van der Waals surface area contributed by atoms with E-state index in [0.717, 1.165) is 0 Å². The first kappa shape index (κ1) is 15.0. The van der Waals surface area contributed by atoms with Crippen LogP contribution in [0.4, 0.5) is 4.39 Å². The lowest BCUT2D eigenvalue weighted by molar-refractivity contribution is 0.0783. The Morgan fingerprint density at radius 3 is 2.65 bits per heavy atom. The zero-order valence-electron chi connectivity index (χ0n) is 10.7. The fourth-order valence-corrected chi connectivity index (χ4v) is 2.67. The van der Waals surface area contributed by atoms with Crippen LogP contribution in [0.2, 0.25) is 5.02 Å². The molecule has 0 saturated heterocycles. The van der Waals surface area contributed by atoms with Crippen LogP contribution in [-0.4, -0.2) is 17.9 Å². The van der Waals surface area contributed by atoms with Gasteiger partial charge in [-0.3, -0.25) is 4.79 Å². The molecule has 0 heterocycles. The number of carbonyl (C=O) groups is 1. The van der Waals surface area contributed by atoms with Gasteiger partial charge in [-0.25, -0.2) is 4.39 Å². The number of halogens is 3. The van der Waals surface area contributed by atoms with E-state index in [1.807, 2.05) is 0 Å². The molecule has 5 heteroatoms. The predicted octanol–water partition coefficient (Wildman–Crippen LogP) is 4.51. The minimum atomic E-state index is -0.317. The van der Waals surface area contributed by atoms with Crippen LogP contribution in [0.5, 0.6) is 0 Å². The lowest BCUT2D eigenvalue weighted by Crippen LogP contribution is -2.26. The Balaban J connectivity index is 2.19. The number of nitrogens with zero attached hydrogens (tertiary/aromatic N) is 1. The standard InChI is InChI=1S/C15H12BrClFNO/c1-19(9-10-4-2-3-5-14(10)18)15(20)12-7-6-11(17)8-13(12)16/h2-8H,9H2,1H3. The summed E-state index contributed by atoms with van der Waals surface area (Å²) in [5.41, 5.74) is 0.974. The second kappa shape index (κ2) is 6.37. The lowest BCUT2D eigenvalue weighted by atomic mass is 10.1. The van der Waals surface area contributed by atoms with Gasteiger partial charge in [0.25, 0.3) is 5.91 Å². The molecule has 0 unspecified atom stereocenters. The SMILES string of the molecule is CN(Cc1ccccc1F)C(=O)c1ccc(Cl)cc1Br. The zero-order chi connectivity index (χ0) is 14.7. The van der Waals surface area contributed by atoms with Crippen LogP contribution >= 0.6 is 27.5 Å². The molecular weight excluding hydrogens is 345 g/mol. The number of benzene rings is 2. The van der Waals surface area contributed by atoms with E-state index in [1.54, 1.807) is 43.4 Å². The van der Waals surface area contributed by atoms with Crippen LogP contribution < -0.4 is 0 Å². The molecule has 1 amide bonds. The van der Waals surface area contributed by atoms with E-state index in [0.29, 0.717) is 20.6 Å². The molecule has 2 aromatic carbocycles. The van der Waals surface area contributed by atoms with Gasteiger partial charge in [-0.2, -0.15) is 0 Å². The maximum atomic E-state index is 13.6. The van der Waals surface area contributed by atoms with E-state index >= 15 is 0 Å². The molecule has 2 aromatic rings. The van der Waals surface area contributed by atoms with Gasteiger partial charge in [0.2, 0.25) is 0 Å². The van der Waals surface area contributed by atoms with Crippen molar-refractivity contribution >= 4 is 33.4 Å². The highest BCUT2D eigenvalue weighted by molar-refractivity contribution is 9.10. The van der Waals surface area contributed by atoms with Crippen LogP contribution in [0, 0.1) is 5.82 Å². The van der Waals surface area contributed by atoms with E-state index in [4.69, 9.17) is 11.6 Å². The quantitative estimate of drug-likeness (QED) is 0.792. The minimum absolute atomic E-state index is 0.197. The van der Waals surface area contributed by atoms with E-state index in [2.05, 4.69) is 15.9 Å². The van der Waals surface area contributed by atoms with Gasteiger partial charge in [0.1, 0.15) is 5.82 Å². The monoisotopic (exact) mass is 355 g/mol. The van der Waals surface area contributed by atoms with E-state index < -0.39 is 0 Å². The molecular formula is C15H12BrClFNO. The van der Waals surface area contributed by atoms with Crippen molar-refractivity contribution in [1.29, 1.82) is 0 Å². The third-order valence-electron chi connectivity index (χ3n) is 2.87. The van der Waals surface area contributed by atoms with Crippen molar-refractivity contribution in [1.82, 2.24) is 4.90 Å². The molecule has 0 atom stereocenters. The molecule has 2 rings (SSSR count). The Kier molecular flexibility index (Phi) is 4.78. The van der Waals surface area contributed by atoms with Crippen LogP contribution in [0.15, 0.2) is 46.9 Å².